The molecular formula is C11H17Cl2N3. The lowest BCUT2D eigenvalue weighted by atomic mass is 10.2. The van der Waals surface area contributed by atoms with Crippen LogP contribution in [0.15, 0.2) is 18.3 Å². The minimum atomic E-state index is 0. The molecule has 0 bridgehead atoms. The number of likely N-dealkylation sites (N-methyl/N-ethyl adjacent to an activating group) is 1. The van der Waals surface area contributed by atoms with Gasteiger partial charge in [-0.05, 0) is 26.1 Å². The average Bonchev–Trinajstić information content (AvgIpc) is 2.63. The monoisotopic (exact) mass is 261 g/mol. The van der Waals surface area contributed by atoms with E-state index in [1.807, 2.05) is 12.1 Å². The number of likely N-dealkylation sites (tertiary alicyclic amines) is 1. The van der Waals surface area contributed by atoms with Crippen molar-refractivity contribution in [3.05, 3.63) is 29.0 Å². The smallest absolute Gasteiger partial charge is 0.133 e. The number of rotatable bonds is 3. The van der Waals surface area contributed by atoms with Crippen molar-refractivity contribution in [3.8, 4) is 0 Å². The predicted octanol–water partition coefficient (Wildman–Crippen LogP) is 1.95. The van der Waals surface area contributed by atoms with Crippen LogP contribution in [0.25, 0.3) is 0 Å². The molecule has 16 heavy (non-hydrogen) atoms. The van der Waals surface area contributed by atoms with Crippen molar-refractivity contribution < 1.29 is 0 Å². The Balaban J connectivity index is 0.00000128. The van der Waals surface area contributed by atoms with Gasteiger partial charge in [-0.25, -0.2) is 4.98 Å². The fourth-order valence-corrected chi connectivity index (χ4v) is 2.09. The molecule has 2 heterocycles. The summed E-state index contributed by atoms with van der Waals surface area (Å²) >= 11 is 5.98. The Labute approximate surface area is 108 Å². The van der Waals surface area contributed by atoms with E-state index in [4.69, 9.17) is 11.6 Å². The second-order valence-electron chi connectivity index (χ2n) is 4.08. The third-order valence-corrected chi connectivity index (χ3v) is 3.15. The average molecular weight is 262 g/mol. The zero-order chi connectivity index (χ0) is 10.7. The molecule has 0 radical (unpaired) electrons. The second kappa shape index (κ2) is 6.40. The van der Waals surface area contributed by atoms with Crippen LogP contribution in [-0.2, 0) is 6.54 Å². The Kier molecular flexibility index (Phi) is 5.49. The van der Waals surface area contributed by atoms with E-state index >= 15 is 0 Å². The maximum absolute atomic E-state index is 5.98. The summed E-state index contributed by atoms with van der Waals surface area (Å²) in [6, 6.07) is 4.52. The van der Waals surface area contributed by atoms with Gasteiger partial charge in [-0.15, -0.1) is 12.4 Å². The first-order chi connectivity index (χ1) is 7.25. The molecule has 1 atom stereocenters. The number of nitrogens with one attached hydrogen (secondary N) is 1. The van der Waals surface area contributed by atoms with Crippen molar-refractivity contribution >= 4 is 24.0 Å². The van der Waals surface area contributed by atoms with Crippen LogP contribution in [0.1, 0.15) is 12.0 Å². The molecule has 3 nitrogen and oxygen atoms in total. The molecule has 1 unspecified atom stereocenters. The summed E-state index contributed by atoms with van der Waals surface area (Å²) in [6.07, 6.45) is 2.93. The number of pyridine rings is 1. The molecule has 0 aliphatic carbocycles. The van der Waals surface area contributed by atoms with E-state index in [1.165, 1.54) is 13.0 Å². The molecule has 2 rings (SSSR count). The van der Waals surface area contributed by atoms with E-state index < -0.39 is 0 Å². The minimum Gasteiger partial charge on any atom is -0.308 e. The van der Waals surface area contributed by atoms with Gasteiger partial charge in [0, 0.05) is 30.9 Å². The maximum atomic E-state index is 5.98. The van der Waals surface area contributed by atoms with Crippen LogP contribution < -0.4 is 5.32 Å². The molecule has 1 aliphatic heterocycles. The maximum Gasteiger partial charge on any atom is 0.133 e. The van der Waals surface area contributed by atoms with Gasteiger partial charge in [0.05, 0.1) is 0 Å². The van der Waals surface area contributed by atoms with E-state index in [9.17, 15) is 0 Å². The Morgan fingerprint density at radius 2 is 2.44 bits per heavy atom. The van der Waals surface area contributed by atoms with Crippen LogP contribution in [-0.4, -0.2) is 36.1 Å². The number of hydrogen-bond acceptors (Lipinski definition) is 3. The van der Waals surface area contributed by atoms with Crippen molar-refractivity contribution in [2.24, 2.45) is 0 Å². The van der Waals surface area contributed by atoms with Gasteiger partial charge in [-0.1, -0.05) is 17.7 Å². The molecular weight excluding hydrogens is 245 g/mol. The fourth-order valence-electron chi connectivity index (χ4n) is 1.91. The van der Waals surface area contributed by atoms with Crippen LogP contribution in [0.3, 0.4) is 0 Å². The largest absolute Gasteiger partial charge is 0.308 e. The summed E-state index contributed by atoms with van der Waals surface area (Å²) in [5.74, 6) is 0. The summed E-state index contributed by atoms with van der Waals surface area (Å²) in [6.45, 7) is 3.11. The van der Waals surface area contributed by atoms with Crippen LogP contribution >= 0.6 is 24.0 Å². The van der Waals surface area contributed by atoms with Crippen molar-refractivity contribution in [2.75, 3.05) is 20.1 Å². The number of hydrogen-bond donors (Lipinski definition) is 1. The van der Waals surface area contributed by atoms with Gasteiger partial charge in [0.25, 0.3) is 0 Å². The van der Waals surface area contributed by atoms with Crippen LogP contribution in [0.5, 0.6) is 0 Å². The zero-order valence-corrected chi connectivity index (χ0v) is 10.9. The third kappa shape index (κ3) is 3.59. The molecule has 0 aromatic carbocycles. The Morgan fingerprint density at radius 1 is 1.62 bits per heavy atom. The number of aromatic nitrogens is 1. The minimum absolute atomic E-state index is 0. The van der Waals surface area contributed by atoms with Gasteiger partial charge in [0.15, 0.2) is 0 Å². The standard InChI is InChI=1S/C11H16ClN3.ClH/c1-15-6-4-10(8-15)14-7-9-3-2-5-13-11(9)12;/h2-3,5,10,14H,4,6-8H2,1H3;1H. The van der Waals surface area contributed by atoms with Crippen molar-refractivity contribution in [3.63, 3.8) is 0 Å². The molecule has 1 aromatic heterocycles. The summed E-state index contributed by atoms with van der Waals surface area (Å²) in [7, 11) is 2.15. The highest BCUT2D eigenvalue weighted by molar-refractivity contribution is 6.30. The molecule has 1 saturated heterocycles. The SMILES string of the molecule is CN1CCC(NCc2cccnc2Cl)C1.Cl. The molecule has 1 aromatic rings. The van der Waals surface area contributed by atoms with Crippen molar-refractivity contribution in [1.82, 2.24) is 15.2 Å². The lowest BCUT2D eigenvalue weighted by Gasteiger charge is -2.12. The molecule has 90 valence electrons. The summed E-state index contributed by atoms with van der Waals surface area (Å²) in [4.78, 5) is 6.39. The number of nitrogens with zero attached hydrogens (tertiary/aromatic N) is 2. The molecule has 0 spiro atoms. The highest BCUT2D eigenvalue weighted by Crippen LogP contribution is 2.12. The van der Waals surface area contributed by atoms with Gasteiger partial charge in [-0.3, -0.25) is 0 Å². The molecule has 1 N–H and O–H groups in total. The van der Waals surface area contributed by atoms with Gasteiger partial charge in [0.1, 0.15) is 5.15 Å². The van der Waals surface area contributed by atoms with Crippen LogP contribution in [0.2, 0.25) is 5.15 Å². The predicted molar refractivity (Wildman–Crippen MR) is 69.2 cm³/mol. The summed E-state index contributed by atoms with van der Waals surface area (Å²) in [5, 5.41) is 4.11. The number of halogens is 2. The summed E-state index contributed by atoms with van der Waals surface area (Å²) in [5.41, 5.74) is 1.08. The molecule has 0 amide bonds. The van der Waals surface area contributed by atoms with E-state index in [0.29, 0.717) is 11.2 Å². The van der Waals surface area contributed by atoms with E-state index in [2.05, 4.69) is 22.2 Å². The second-order valence-corrected chi connectivity index (χ2v) is 4.44. The first kappa shape index (κ1) is 13.7. The Hall–Kier alpha value is -0.350. The first-order valence-corrected chi connectivity index (χ1v) is 5.65. The molecule has 1 aliphatic rings. The van der Waals surface area contributed by atoms with Crippen molar-refractivity contribution in [1.29, 1.82) is 0 Å². The topological polar surface area (TPSA) is 28.2 Å². The molecule has 5 heteroatoms. The Morgan fingerprint density at radius 3 is 3.06 bits per heavy atom. The van der Waals surface area contributed by atoms with Gasteiger partial charge < -0.3 is 10.2 Å². The van der Waals surface area contributed by atoms with Crippen molar-refractivity contribution in [2.45, 2.75) is 19.0 Å². The van der Waals surface area contributed by atoms with Crippen LogP contribution in [0, 0.1) is 0 Å². The normalized spacial score (nSPS) is 20.8. The summed E-state index contributed by atoms with van der Waals surface area (Å²) < 4.78 is 0. The zero-order valence-electron chi connectivity index (χ0n) is 9.32. The van der Waals surface area contributed by atoms with Gasteiger partial charge in [-0.2, -0.15) is 0 Å². The lowest BCUT2D eigenvalue weighted by molar-refractivity contribution is 0.397. The Bertz CT molecular complexity index is 333. The van der Waals surface area contributed by atoms with Crippen LogP contribution in [0.4, 0.5) is 0 Å². The highest BCUT2D eigenvalue weighted by atomic mass is 35.5. The van der Waals surface area contributed by atoms with E-state index in [0.717, 1.165) is 18.7 Å². The molecule has 0 saturated carbocycles. The fraction of sp³-hybridized carbons (Fsp3) is 0.545. The van der Waals surface area contributed by atoms with Gasteiger partial charge in [0.2, 0.25) is 0 Å². The van der Waals surface area contributed by atoms with E-state index in [-0.39, 0.29) is 12.4 Å². The first-order valence-electron chi connectivity index (χ1n) is 5.27. The quantitative estimate of drug-likeness (QED) is 0.844. The lowest BCUT2D eigenvalue weighted by Crippen LogP contribution is -2.31. The highest BCUT2D eigenvalue weighted by Gasteiger charge is 2.18. The third-order valence-electron chi connectivity index (χ3n) is 2.81. The van der Waals surface area contributed by atoms with E-state index in [1.54, 1.807) is 6.20 Å². The molecule has 1 fully saturated rings. The van der Waals surface area contributed by atoms with Gasteiger partial charge >= 0.3 is 0 Å².